The summed E-state index contributed by atoms with van der Waals surface area (Å²) in [6.45, 7) is 2.89. The summed E-state index contributed by atoms with van der Waals surface area (Å²) in [4.78, 5) is 13.6. The van der Waals surface area contributed by atoms with Gasteiger partial charge in [0.2, 0.25) is 0 Å². The van der Waals surface area contributed by atoms with E-state index in [0.717, 1.165) is 26.1 Å². The molecule has 0 amide bonds. The van der Waals surface area contributed by atoms with Crippen LogP contribution in [0.3, 0.4) is 0 Å². The second-order valence-electron chi connectivity index (χ2n) is 5.82. The van der Waals surface area contributed by atoms with Crippen LogP contribution in [0.5, 0.6) is 0 Å². The van der Waals surface area contributed by atoms with Crippen molar-refractivity contribution < 1.29 is 14.6 Å². The number of hydrogen-bond acceptors (Lipinski definition) is 4. The van der Waals surface area contributed by atoms with E-state index in [2.05, 4.69) is 4.90 Å². The van der Waals surface area contributed by atoms with E-state index in [1.807, 2.05) is 0 Å². The van der Waals surface area contributed by atoms with Crippen molar-refractivity contribution in [1.82, 2.24) is 4.90 Å². The van der Waals surface area contributed by atoms with Gasteiger partial charge < -0.3 is 15.6 Å². The lowest BCUT2D eigenvalue weighted by Gasteiger charge is -2.37. The first-order chi connectivity index (χ1) is 8.55. The van der Waals surface area contributed by atoms with E-state index < -0.39 is 11.5 Å². The Morgan fingerprint density at radius 1 is 1.56 bits per heavy atom. The smallest absolute Gasteiger partial charge is 0.323 e. The van der Waals surface area contributed by atoms with Crippen LogP contribution in [0.1, 0.15) is 32.1 Å². The number of rotatable bonds is 4. The van der Waals surface area contributed by atoms with Gasteiger partial charge in [-0.3, -0.25) is 9.69 Å². The predicted molar refractivity (Wildman–Crippen MR) is 68.4 cm³/mol. The van der Waals surface area contributed by atoms with Gasteiger partial charge in [0.25, 0.3) is 0 Å². The van der Waals surface area contributed by atoms with Crippen LogP contribution in [-0.2, 0) is 9.53 Å². The average Bonchev–Trinajstić information content (AvgIpc) is 2.74. The molecule has 1 saturated carbocycles. The minimum absolute atomic E-state index is 0.339. The Balaban J connectivity index is 1.91. The van der Waals surface area contributed by atoms with Crippen LogP contribution in [0, 0.1) is 5.92 Å². The first-order valence-corrected chi connectivity index (χ1v) is 6.80. The molecule has 1 aliphatic heterocycles. The highest BCUT2D eigenvalue weighted by atomic mass is 16.5. The number of carboxylic acid groups (broad SMARTS) is 1. The quantitative estimate of drug-likeness (QED) is 0.773. The van der Waals surface area contributed by atoms with Crippen molar-refractivity contribution in [3.8, 4) is 0 Å². The second-order valence-corrected chi connectivity index (χ2v) is 5.82. The van der Waals surface area contributed by atoms with Crippen molar-refractivity contribution in [2.45, 2.75) is 43.7 Å². The van der Waals surface area contributed by atoms with Crippen LogP contribution >= 0.6 is 0 Å². The fourth-order valence-corrected chi connectivity index (χ4v) is 3.36. The molecular formula is C13H24N2O3. The highest BCUT2D eigenvalue weighted by Crippen LogP contribution is 2.33. The van der Waals surface area contributed by atoms with Gasteiger partial charge in [-0.25, -0.2) is 0 Å². The molecule has 1 heterocycles. The van der Waals surface area contributed by atoms with Crippen molar-refractivity contribution in [1.29, 1.82) is 0 Å². The van der Waals surface area contributed by atoms with Gasteiger partial charge >= 0.3 is 5.97 Å². The number of ether oxygens (including phenoxy) is 1. The molecule has 5 heteroatoms. The highest BCUT2D eigenvalue weighted by Gasteiger charge is 2.44. The van der Waals surface area contributed by atoms with Gasteiger partial charge in [0.05, 0.1) is 6.61 Å². The van der Waals surface area contributed by atoms with E-state index in [-0.39, 0.29) is 0 Å². The normalized spacial score (nSPS) is 37.9. The summed E-state index contributed by atoms with van der Waals surface area (Å²) >= 11 is 0. The van der Waals surface area contributed by atoms with E-state index in [9.17, 15) is 4.79 Å². The summed E-state index contributed by atoms with van der Waals surface area (Å²) in [6.07, 6.45) is 4.47. The molecule has 3 unspecified atom stereocenters. The lowest BCUT2D eigenvalue weighted by Crippen LogP contribution is -2.48. The van der Waals surface area contributed by atoms with E-state index in [1.54, 1.807) is 7.11 Å². The first-order valence-electron chi connectivity index (χ1n) is 6.80. The Morgan fingerprint density at radius 2 is 2.33 bits per heavy atom. The molecule has 5 nitrogen and oxygen atoms in total. The number of aliphatic carboxylic acids is 1. The van der Waals surface area contributed by atoms with Gasteiger partial charge in [-0.2, -0.15) is 0 Å². The molecular weight excluding hydrogens is 232 g/mol. The van der Waals surface area contributed by atoms with Gasteiger partial charge in [0, 0.05) is 19.7 Å². The van der Waals surface area contributed by atoms with E-state index in [1.165, 1.54) is 12.8 Å². The Morgan fingerprint density at radius 3 is 2.94 bits per heavy atom. The van der Waals surface area contributed by atoms with Crippen molar-refractivity contribution in [2.24, 2.45) is 11.7 Å². The third-order valence-corrected chi connectivity index (χ3v) is 4.42. The van der Waals surface area contributed by atoms with Gasteiger partial charge in [0.1, 0.15) is 5.54 Å². The van der Waals surface area contributed by atoms with Gasteiger partial charge in [-0.1, -0.05) is 0 Å². The van der Waals surface area contributed by atoms with Crippen LogP contribution in [0.15, 0.2) is 0 Å². The van der Waals surface area contributed by atoms with Crippen molar-refractivity contribution in [3.05, 3.63) is 0 Å². The largest absolute Gasteiger partial charge is 0.480 e. The molecule has 0 bridgehead atoms. The number of nitrogens with two attached hydrogens (primary N) is 1. The number of likely N-dealkylation sites (tertiary alicyclic amines) is 1. The molecule has 104 valence electrons. The fourth-order valence-electron chi connectivity index (χ4n) is 3.36. The fraction of sp³-hybridized carbons (Fsp3) is 0.923. The van der Waals surface area contributed by atoms with E-state index in [0.29, 0.717) is 24.8 Å². The molecule has 3 atom stereocenters. The molecule has 1 aliphatic carbocycles. The molecule has 3 N–H and O–H groups in total. The zero-order chi connectivity index (χ0) is 13.2. The minimum atomic E-state index is -1.00. The Kier molecular flexibility index (Phi) is 4.25. The summed E-state index contributed by atoms with van der Waals surface area (Å²) in [5, 5.41) is 9.16. The van der Waals surface area contributed by atoms with Crippen molar-refractivity contribution >= 4 is 5.97 Å². The first kappa shape index (κ1) is 13.8. The SMILES string of the molecule is COCC1CCCN(C2CCC(N)(C(=O)O)C2)C1. The Hall–Kier alpha value is -0.650. The molecule has 0 spiro atoms. The summed E-state index contributed by atoms with van der Waals surface area (Å²) in [6, 6.07) is 0.339. The molecule has 2 rings (SSSR count). The maximum Gasteiger partial charge on any atom is 0.323 e. The van der Waals surface area contributed by atoms with Gasteiger partial charge in [-0.05, 0) is 44.6 Å². The van der Waals surface area contributed by atoms with Crippen LogP contribution in [0.2, 0.25) is 0 Å². The highest BCUT2D eigenvalue weighted by molar-refractivity contribution is 5.79. The van der Waals surface area contributed by atoms with Crippen LogP contribution in [0.4, 0.5) is 0 Å². The average molecular weight is 256 g/mol. The Bertz CT molecular complexity index is 309. The number of nitrogens with zero attached hydrogens (tertiary/aromatic N) is 1. The number of hydrogen-bond donors (Lipinski definition) is 2. The molecule has 2 aliphatic rings. The number of piperidine rings is 1. The monoisotopic (exact) mass is 256 g/mol. The topological polar surface area (TPSA) is 75.8 Å². The molecule has 0 aromatic heterocycles. The molecule has 1 saturated heterocycles. The lowest BCUT2D eigenvalue weighted by atomic mass is 9.95. The molecule has 0 radical (unpaired) electrons. The van der Waals surface area contributed by atoms with Gasteiger partial charge in [-0.15, -0.1) is 0 Å². The summed E-state index contributed by atoms with van der Waals surface area (Å²) < 4.78 is 5.23. The number of carbonyl (C=O) groups is 1. The van der Waals surface area contributed by atoms with E-state index >= 15 is 0 Å². The predicted octanol–water partition coefficient (Wildman–Crippen LogP) is 0.679. The second kappa shape index (κ2) is 5.55. The standard InChI is InChI=1S/C13H24N2O3/c1-18-9-10-3-2-6-15(8-10)11-4-5-13(14,7-11)12(16)17/h10-11H,2-9,14H2,1H3,(H,16,17). The summed E-state index contributed by atoms with van der Waals surface area (Å²) in [5.74, 6) is -0.267. The Labute approximate surface area is 108 Å². The molecule has 2 fully saturated rings. The zero-order valence-corrected chi connectivity index (χ0v) is 11.1. The lowest BCUT2D eigenvalue weighted by molar-refractivity contribution is -0.143. The van der Waals surface area contributed by atoms with E-state index in [4.69, 9.17) is 15.6 Å². The third kappa shape index (κ3) is 2.84. The maximum atomic E-state index is 11.2. The van der Waals surface area contributed by atoms with Crippen LogP contribution in [0.25, 0.3) is 0 Å². The maximum absolute atomic E-state index is 11.2. The van der Waals surface area contributed by atoms with Crippen LogP contribution in [-0.4, -0.2) is 54.4 Å². The summed E-state index contributed by atoms with van der Waals surface area (Å²) in [7, 11) is 1.74. The number of carboxylic acids is 1. The third-order valence-electron chi connectivity index (χ3n) is 4.42. The zero-order valence-electron chi connectivity index (χ0n) is 11.1. The molecule has 18 heavy (non-hydrogen) atoms. The van der Waals surface area contributed by atoms with Crippen molar-refractivity contribution in [3.63, 3.8) is 0 Å². The summed E-state index contributed by atoms with van der Waals surface area (Å²) in [5.41, 5.74) is 4.94. The van der Waals surface area contributed by atoms with Crippen LogP contribution < -0.4 is 5.73 Å². The van der Waals surface area contributed by atoms with Crippen molar-refractivity contribution in [2.75, 3.05) is 26.8 Å². The minimum Gasteiger partial charge on any atom is -0.480 e. The number of methoxy groups -OCH3 is 1. The molecule has 0 aromatic carbocycles. The molecule has 0 aromatic rings. The van der Waals surface area contributed by atoms with Gasteiger partial charge in [0.15, 0.2) is 0 Å².